The number of benzene rings is 1. The van der Waals surface area contributed by atoms with Crippen LogP contribution < -0.4 is 5.32 Å². The van der Waals surface area contributed by atoms with Gasteiger partial charge in [-0.25, -0.2) is 0 Å². The van der Waals surface area contributed by atoms with Gasteiger partial charge < -0.3 is 14.3 Å². The van der Waals surface area contributed by atoms with Crippen molar-refractivity contribution in [3.63, 3.8) is 0 Å². The normalized spacial score (nSPS) is 13.5. The number of carbonyl (C=O) groups excluding carboxylic acids is 1. The molecule has 0 unspecified atom stereocenters. The van der Waals surface area contributed by atoms with Crippen molar-refractivity contribution in [2.24, 2.45) is 0 Å². The highest BCUT2D eigenvalue weighted by Crippen LogP contribution is 2.26. The van der Waals surface area contributed by atoms with Gasteiger partial charge >= 0.3 is 0 Å². The second-order valence-corrected chi connectivity index (χ2v) is 8.79. The summed E-state index contributed by atoms with van der Waals surface area (Å²) in [4.78, 5) is 12.5. The molecule has 0 fully saturated rings. The number of aromatic nitrogens is 6. The lowest BCUT2D eigenvalue weighted by molar-refractivity contribution is -0.113. The molecule has 5 rings (SSSR count). The van der Waals surface area contributed by atoms with Crippen LogP contribution in [0.3, 0.4) is 0 Å². The predicted molar refractivity (Wildman–Crippen MR) is 126 cm³/mol. The summed E-state index contributed by atoms with van der Waals surface area (Å²) in [5, 5.41) is 20.8. The summed E-state index contributed by atoms with van der Waals surface area (Å²) in [6.45, 7) is 3.65. The fourth-order valence-electron chi connectivity index (χ4n) is 4.00. The molecular formula is C23H25N7O2S. The molecule has 3 aromatic heterocycles. The van der Waals surface area contributed by atoms with E-state index in [1.54, 1.807) is 6.26 Å². The van der Waals surface area contributed by atoms with Crippen LogP contribution in [0.5, 0.6) is 0 Å². The molecule has 0 saturated carbocycles. The third-order valence-corrected chi connectivity index (χ3v) is 6.61. The number of aryl methyl sites for hydroxylation is 1. The number of hydrogen-bond donors (Lipinski definition) is 1. The van der Waals surface area contributed by atoms with Crippen molar-refractivity contribution in [1.82, 2.24) is 29.5 Å². The molecule has 9 nitrogen and oxygen atoms in total. The van der Waals surface area contributed by atoms with E-state index < -0.39 is 0 Å². The van der Waals surface area contributed by atoms with E-state index in [0.717, 1.165) is 42.3 Å². The van der Waals surface area contributed by atoms with Crippen LogP contribution >= 0.6 is 11.8 Å². The molecule has 0 bridgehead atoms. The molecule has 0 radical (unpaired) electrons. The molecule has 33 heavy (non-hydrogen) atoms. The van der Waals surface area contributed by atoms with Crippen LogP contribution in [0.25, 0.3) is 23.0 Å². The van der Waals surface area contributed by atoms with Crippen LogP contribution in [0.1, 0.15) is 32.0 Å². The van der Waals surface area contributed by atoms with E-state index in [-0.39, 0.29) is 11.7 Å². The van der Waals surface area contributed by atoms with E-state index in [4.69, 9.17) is 4.42 Å². The number of thioether (sulfide) groups is 1. The Morgan fingerprint density at radius 3 is 2.70 bits per heavy atom. The quantitative estimate of drug-likeness (QED) is 0.408. The molecule has 0 spiro atoms. The van der Waals surface area contributed by atoms with E-state index in [9.17, 15) is 4.79 Å². The minimum atomic E-state index is -0.103. The molecule has 1 aliphatic rings. The van der Waals surface area contributed by atoms with Crippen LogP contribution in [-0.4, -0.2) is 41.2 Å². The first-order chi connectivity index (χ1) is 16.2. The first-order valence-electron chi connectivity index (χ1n) is 11.1. The molecule has 0 atom stereocenters. The fourth-order valence-corrected chi connectivity index (χ4v) is 4.80. The molecule has 1 amide bonds. The van der Waals surface area contributed by atoms with Crippen LogP contribution in [-0.2, 0) is 24.3 Å². The molecule has 0 aliphatic carbocycles. The van der Waals surface area contributed by atoms with Gasteiger partial charge in [0.15, 0.2) is 22.6 Å². The van der Waals surface area contributed by atoms with Crippen molar-refractivity contribution >= 4 is 23.4 Å². The number of nitrogens with zero attached hydrogens (tertiary/aromatic N) is 6. The Hall–Kier alpha value is -3.40. The largest absolute Gasteiger partial charge is 0.461 e. The number of carbonyl (C=O) groups is 1. The maximum absolute atomic E-state index is 12.5. The molecule has 170 valence electrons. The Balaban J connectivity index is 1.21. The van der Waals surface area contributed by atoms with Crippen molar-refractivity contribution in [2.75, 3.05) is 11.1 Å². The lowest BCUT2D eigenvalue weighted by Gasteiger charge is -2.09. The van der Waals surface area contributed by atoms with Crippen molar-refractivity contribution in [3.8, 4) is 23.0 Å². The molecule has 4 heterocycles. The van der Waals surface area contributed by atoms with Gasteiger partial charge in [-0.2, -0.15) is 0 Å². The average Bonchev–Trinajstić information content (AvgIpc) is 3.55. The highest BCUT2D eigenvalue weighted by atomic mass is 32.2. The zero-order valence-electron chi connectivity index (χ0n) is 18.4. The van der Waals surface area contributed by atoms with Crippen molar-refractivity contribution in [2.45, 2.75) is 50.9 Å². The van der Waals surface area contributed by atoms with Gasteiger partial charge in [-0.1, -0.05) is 18.2 Å². The topological polar surface area (TPSA) is 104 Å². The molecule has 0 saturated heterocycles. The summed E-state index contributed by atoms with van der Waals surface area (Å²) in [7, 11) is 0. The predicted octanol–water partition coefficient (Wildman–Crippen LogP) is 4.27. The van der Waals surface area contributed by atoms with Crippen LogP contribution in [0.2, 0.25) is 0 Å². The zero-order chi connectivity index (χ0) is 22.6. The number of amides is 1. The van der Waals surface area contributed by atoms with E-state index >= 15 is 0 Å². The Morgan fingerprint density at radius 2 is 1.91 bits per heavy atom. The summed E-state index contributed by atoms with van der Waals surface area (Å²) in [6.07, 6.45) is 6.13. The molecule has 4 aromatic rings. The number of furan rings is 1. The Kier molecular flexibility index (Phi) is 6.25. The first kappa shape index (κ1) is 21.4. The van der Waals surface area contributed by atoms with Gasteiger partial charge in [0.2, 0.25) is 5.91 Å². The molecular weight excluding hydrogens is 438 g/mol. The van der Waals surface area contributed by atoms with Crippen LogP contribution in [0, 0.1) is 0 Å². The minimum Gasteiger partial charge on any atom is -0.461 e. The molecule has 1 N–H and O–H groups in total. The van der Waals surface area contributed by atoms with Gasteiger partial charge in [0, 0.05) is 30.8 Å². The zero-order valence-corrected chi connectivity index (χ0v) is 19.2. The number of rotatable bonds is 7. The van der Waals surface area contributed by atoms with Gasteiger partial charge in [0.25, 0.3) is 0 Å². The molecule has 1 aliphatic heterocycles. The van der Waals surface area contributed by atoms with E-state index in [2.05, 4.69) is 30.3 Å². The fraction of sp³-hybridized carbons (Fsp3) is 0.348. The number of nitrogens with one attached hydrogen (secondary N) is 1. The summed E-state index contributed by atoms with van der Waals surface area (Å²) in [5.41, 5.74) is 1.75. The summed E-state index contributed by atoms with van der Waals surface area (Å²) >= 11 is 1.35. The maximum Gasteiger partial charge on any atom is 0.234 e. The number of fused-ring (bicyclic) bond motifs is 1. The standard InChI is InChI=1S/C23H25N7O2S/c1-2-29-22(18-7-6-14-32-18)27-28-23(29)33-15-20(31)24-17-11-9-16(10-12-17)21-26-25-19-8-4-3-5-13-30(19)21/h6-7,9-12,14H,2-5,8,13,15H2,1H3,(H,24,31). The Labute approximate surface area is 195 Å². The van der Waals surface area contributed by atoms with E-state index in [0.29, 0.717) is 23.3 Å². The molecule has 10 heteroatoms. The van der Waals surface area contributed by atoms with Gasteiger partial charge in [-0.05, 0) is 56.2 Å². The average molecular weight is 464 g/mol. The van der Waals surface area contributed by atoms with Gasteiger partial charge in [0.1, 0.15) is 5.82 Å². The lowest BCUT2D eigenvalue weighted by atomic mass is 10.2. The Bertz CT molecular complexity index is 1230. The van der Waals surface area contributed by atoms with Gasteiger partial charge in [-0.3, -0.25) is 9.36 Å². The SMILES string of the molecule is CCn1c(SCC(=O)Nc2ccc(-c3nnc4n3CCCCC4)cc2)nnc1-c1ccco1. The van der Waals surface area contributed by atoms with Crippen LogP contribution in [0.4, 0.5) is 5.69 Å². The second-order valence-electron chi connectivity index (χ2n) is 7.84. The first-order valence-corrected chi connectivity index (χ1v) is 12.1. The van der Waals surface area contributed by atoms with Crippen LogP contribution in [0.15, 0.2) is 52.2 Å². The summed E-state index contributed by atoms with van der Waals surface area (Å²) in [6, 6.07) is 11.4. The number of anilines is 1. The summed E-state index contributed by atoms with van der Waals surface area (Å²) < 4.78 is 9.59. The van der Waals surface area contributed by atoms with E-state index in [1.807, 2.05) is 47.9 Å². The minimum absolute atomic E-state index is 0.103. The Morgan fingerprint density at radius 1 is 1.06 bits per heavy atom. The van der Waals surface area contributed by atoms with Crippen molar-refractivity contribution < 1.29 is 9.21 Å². The highest BCUT2D eigenvalue weighted by molar-refractivity contribution is 7.99. The van der Waals surface area contributed by atoms with Gasteiger partial charge in [-0.15, -0.1) is 20.4 Å². The monoisotopic (exact) mass is 463 g/mol. The third-order valence-electron chi connectivity index (χ3n) is 5.64. The second kappa shape index (κ2) is 9.62. The summed E-state index contributed by atoms with van der Waals surface area (Å²) in [5.74, 6) is 3.40. The highest BCUT2D eigenvalue weighted by Gasteiger charge is 2.17. The number of hydrogen-bond acceptors (Lipinski definition) is 7. The van der Waals surface area contributed by atoms with Crippen molar-refractivity contribution in [1.29, 1.82) is 0 Å². The molecule has 1 aromatic carbocycles. The smallest absolute Gasteiger partial charge is 0.234 e. The third kappa shape index (κ3) is 4.56. The van der Waals surface area contributed by atoms with E-state index in [1.165, 1.54) is 24.6 Å². The maximum atomic E-state index is 12.5. The van der Waals surface area contributed by atoms with Crippen molar-refractivity contribution in [3.05, 3.63) is 48.5 Å². The van der Waals surface area contributed by atoms with Gasteiger partial charge in [0.05, 0.1) is 12.0 Å². The lowest BCUT2D eigenvalue weighted by Crippen LogP contribution is -2.14.